The number of amides is 2. The number of nitrogens with one attached hydrogen (secondary N) is 1. The number of nitrogens with zero attached hydrogens (tertiary/aromatic N) is 2. The third-order valence-electron chi connectivity index (χ3n) is 3.25. The van der Waals surface area contributed by atoms with Gasteiger partial charge in [-0.1, -0.05) is 13.3 Å². The van der Waals surface area contributed by atoms with E-state index in [4.69, 9.17) is 0 Å². The predicted molar refractivity (Wildman–Crippen MR) is 73.9 cm³/mol. The highest BCUT2D eigenvalue weighted by molar-refractivity contribution is 7.07. The van der Waals surface area contributed by atoms with E-state index in [0.29, 0.717) is 25.9 Å². The molecule has 1 atom stereocenters. The second-order valence-corrected chi connectivity index (χ2v) is 5.43. The van der Waals surface area contributed by atoms with Crippen LogP contribution in [0.15, 0.2) is 10.9 Å². The van der Waals surface area contributed by atoms with Crippen LogP contribution in [0.3, 0.4) is 0 Å². The minimum atomic E-state index is -0.351. The van der Waals surface area contributed by atoms with Gasteiger partial charge >= 0.3 is 0 Å². The maximum Gasteiger partial charge on any atom is 0.245 e. The molecule has 5 nitrogen and oxygen atoms in total. The summed E-state index contributed by atoms with van der Waals surface area (Å²) in [6.07, 6.45) is 2.74. The van der Waals surface area contributed by atoms with Gasteiger partial charge in [-0.3, -0.25) is 9.59 Å². The molecule has 1 saturated heterocycles. The summed E-state index contributed by atoms with van der Waals surface area (Å²) in [5, 5.41) is 4.80. The van der Waals surface area contributed by atoms with Gasteiger partial charge in [0.05, 0.1) is 11.2 Å². The van der Waals surface area contributed by atoms with Gasteiger partial charge in [0.1, 0.15) is 6.04 Å². The molecule has 2 amide bonds. The summed E-state index contributed by atoms with van der Waals surface area (Å²) in [6, 6.07) is -0.351. The van der Waals surface area contributed by atoms with Crippen molar-refractivity contribution in [3.8, 4) is 0 Å². The second-order valence-electron chi connectivity index (χ2n) is 4.71. The molecule has 1 unspecified atom stereocenters. The van der Waals surface area contributed by atoms with E-state index in [0.717, 1.165) is 18.5 Å². The van der Waals surface area contributed by atoms with Crippen LogP contribution in [0.4, 0.5) is 0 Å². The smallest absolute Gasteiger partial charge is 0.245 e. The topological polar surface area (TPSA) is 62.3 Å². The Bertz CT molecular complexity index is 433. The van der Waals surface area contributed by atoms with E-state index in [2.05, 4.69) is 10.3 Å². The molecule has 1 N–H and O–H groups in total. The first kappa shape index (κ1) is 14.0. The van der Waals surface area contributed by atoms with Crippen molar-refractivity contribution in [2.45, 2.75) is 38.6 Å². The number of thiazole rings is 1. The van der Waals surface area contributed by atoms with E-state index in [9.17, 15) is 9.59 Å². The molecule has 1 aromatic heterocycles. The van der Waals surface area contributed by atoms with Gasteiger partial charge in [0.2, 0.25) is 11.8 Å². The Morgan fingerprint density at radius 2 is 2.37 bits per heavy atom. The van der Waals surface area contributed by atoms with Crippen LogP contribution in [0.2, 0.25) is 0 Å². The quantitative estimate of drug-likeness (QED) is 0.882. The molecule has 0 bridgehead atoms. The lowest BCUT2D eigenvalue weighted by molar-refractivity contribution is -0.133. The predicted octanol–water partition coefficient (Wildman–Crippen LogP) is 1.20. The number of carbonyl (C=O) groups is 2. The monoisotopic (exact) mass is 281 g/mol. The van der Waals surface area contributed by atoms with Crippen molar-refractivity contribution in [2.75, 3.05) is 13.1 Å². The summed E-state index contributed by atoms with van der Waals surface area (Å²) in [5.41, 5.74) is 2.80. The molecule has 104 valence electrons. The highest BCUT2D eigenvalue weighted by Crippen LogP contribution is 2.10. The molecule has 0 aromatic carbocycles. The summed E-state index contributed by atoms with van der Waals surface area (Å²) in [5.74, 6) is 0.0193. The first-order valence-electron chi connectivity index (χ1n) is 6.66. The van der Waals surface area contributed by atoms with E-state index in [1.165, 1.54) is 0 Å². The summed E-state index contributed by atoms with van der Waals surface area (Å²) in [7, 11) is 0. The van der Waals surface area contributed by atoms with Crippen LogP contribution in [0, 0.1) is 0 Å². The Hall–Kier alpha value is -1.43. The van der Waals surface area contributed by atoms with Crippen LogP contribution in [0.1, 0.15) is 31.9 Å². The van der Waals surface area contributed by atoms with Crippen LogP contribution in [-0.2, 0) is 16.0 Å². The van der Waals surface area contributed by atoms with E-state index >= 15 is 0 Å². The Kier molecular flexibility index (Phi) is 4.90. The molecule has 0 aliphatic carbocycles. The van der Waals surface area contributed by atoms with E-state index in [1.54, 1.807) is 21.7 Å². The maximum absolute atomic E-state index is 12.3. The molecule has 0 saturated carbocycles. The van der Waals surface area contributed by atoms with Gasteiger partial charge in [0, 0.05) is 31.3 Å². The zero-order valence-electron chi connectivity index (χ0n) is 11.1. The van der Waals surface area contributed by atoms with Crippen molar-refractivity contribution in [3.05, 3.63) is 16.6 Å². The van der Waals surface area contributed by atoms with Crippen LogP contribution < -0.4 is 5.32 Å². The van der Waals surface area contributed by atoms with Gasteiger partial charge in [-0.15, -0.1) is 11.3 Å². The van der Waals surface area contributed by atoms with Gasteiger partial charge in [-0.2, -0.15) is 0 Å². The van der Waals surface area contributed by atoms with Crippen molar-refractivity contribution in [1.82, 2.24) is 15.2 Å². The lowest BCUT2D eigenvalue weighted by atomic mass is 10.1. The van der Waals surface area contributed by atoms with Crippen molar-refractivity contribution >= 4 is 23.2 Å². The third kappa shape index (κ3) is 3.76. The van der Waals surface area contributed by atoms with Gasteiger partial charge < -0.3 is 10.2 Å². The highest BCUT2D eigenvalue weighted by atomic mass is 32.1. The lowest BCUT2D eigenvalue weighted by Gasteiger charge is -2.23. The molecule has 0 spiro atoms. The summed E-state index contributed by atoms with van der Waals surface area (Å²) < 4.78 is 0. The Morgan fingerprint density at radius 1 is 1.53 bits per heavy atom. The third-order valence-corrected chi connectivity index (χ3v) is 3.89. The van der Waals surface area contributed by atoms with Gasteiger partial charge in [0.25, 0.3) is 0 Å². The molecule has 0 radical (unpaired) electrons. The number of carbonyl (C=O) groups excluding carboxylic acids is 2. The van der Waals surface area contributed by atoms with Crippen molar-refractivity contribution in [1.29, 1.82) is 0 Å². The molecule has 1 aliphatic rings. The second kappa shape index (κ2) is 6.65. The Balaban J connectivity index is 1.97. The highest BCUT2D eigenvalue weighted by Gasteiger charge is 2.28. The number of hydrogen-bond donors (Lipinski definition) is 1. The Morgan fingerprint density at radius 3 is 3.05 bits per heavy atom. The molecule has 6 heteroatoms. The van der Waals surface area contributed by atoms with Crippen LogP contribution >= 0.6 is 11.3 Å². The average molecular weight is 281 g/mol. The minimum absolute atomic E-state index is 0.0250. The standard InChI is InChI=1S/C13H19N3O2S/c1-2-3-11-13(18)16(7-5-12(17)15-11)6-4-10-8-19-9-14-10/h8-9,11H,2-7H2,1H3,(H,15,17). The molecule has 2 heterocycles. The number of rotatable bonds is 5. The average Bonchev–Trinajstić information content (AvgIpc) is 2.86. The van der Waals surface area contributed by atoms with Crippen LogP contribution in [0.5, 0.6) is 0 Å². The first-order valence-corrected chi connectivity index (χ1v) is 7.60. The molecule has 1 aromatic rings. The van der Waals surface area contributed by atoms with Gasteiger partial charge in [0.15, 0.2) is 0 Å². The lowest BCUT2D eigenvalue weighted by Crippen LogP contribution is -2.45. The summed E-state index contributed by atoms with van der Waals surface area (Å²) in [4.78, 5) is 29.9. The number of hydrogen-bond acceptors (Lipinski definition) is 4. The van der Waals surface area contributed by atoms with Gasteiger partial charge in [-0.25, -0.2) is 4.98 Å². The molecule has 19 heavy (non-hydrogen) atoms. The van der Waals surface area contributed by atoms with Crippen molar-refractivity contribution in [2.24, 2.45) is 0 Å². The summed E-state index contributed by atoms with van der Waals surface area (Å²) in [6.45, 7) is 3.16. The molecular weight excluding hydrogens is 262 g/mol. The molecular formula is C13H19N3O2S. The normalized spacial score (nSPS) is 20.3. The number of aromatic nitrogens is 1. The van der Waals surface area contributed by atoms with E-state index in [-0.39, 0.29) is 17.9 Å². The minimum Gasteiger partial charge on any atom is -0.344 e. The van der Waals surface area contributed by atoms with Crippen molar-refractivity contribution < 1.29 is 9.59 Å². The largest absolute Gasteiger partial charge is 0.344 e. The van der Waals surface area contributed by atoms with Crippen LogP contribution in [0.25, 0.3) is 0 Å². The van der Waals surface area contributed by atoms with Crippen molar-refractivity contribution in [3.63, 3.8) is 0 Å². The Labute approximate surface area is 117 Å². The van der Waals surface area contributed by atoms with E-state index in [1.807, 2.05) is 12.3 Å². The van der Waals surface area contributed by atoms with E-state index < -0.39 is 0 Å². The molecule has 1 fully saturated rings. The van der Waals surface area contributed by atoms with Crippen LogP contribution in [-0.4, -0.2) is 40.8 Å². The molecule has 2 rings (SSSR count). The maximum atomic E-state index is 12.3. The summed E-state index contributed by atoms with van der Waals surface area (Å²) >= 11 is 1.56. The fourth-order valence-electron chi connectivity index (χ4n) is 2.21. The SMILES string of the molecule is CCCC1NC(=O)CCN(CCc2cscn2)C1=O. The first-order chi connectivity index (χ1) is 9.20. The van der Waals surface area contributed by atoms with Gasteiger partial charge in [-0.05, 0) is 6.42 Å². The fourth-order valence-corrected chi connectivity index (χ4v) is 2.81. The fraction of sp³-hybridized carbons (Fsp3) is 0.615. The zero-order valence-corrected chi connectivity index (χ0v) is 11.9. The zero-order chi connectivity index (χ0) is 13.7. The molecule has 1 aliphatic heterocycles.